The van der Waals surface area contributed by atoms with Gasteiger partial charge in [-0.1, -0.05) is 23.7 Å². The van der Waals surface area contributed by atoms with Gasteiger partial charge in [0.05, 0.1) is 6.61 Å². The van der Waals surface area contributed by atoms with Crippen LogP contribution in [-0.4, -0.2) is 47.9 Å². The Morgan fingerprint density at radius 1 is 1.32 bits per heavy atom. The number of methoxy groups -OCH3 is 1. The van der Waals surface area contributed by atoms with E-state index in [0.29, 0.717) is 24.7 Å². The molecule has 2 aromatic rings. The summed E-state index contributed by atoms with van der Waals surface area (Å²) >= 11 is 0. The molecule has 0 spiro atoms. The first-order valence-electron chi connectivity index (χ1n) is 9.84. The fourth-order valence-electron chi connectivity index (χ4n) is 3.29. The third kappa shape index (κ3) is 6.03. The van der Waals surface area contributed by atoms with Crippen LogP contribution in [-0.2, 0) is 17.7 Å². The Hall–Kier alpha value is -2.45. The summed E-state index contributed by atoms with van der Waals surface area (Å²) < 4.78 is 10.2. The SMILES string of the molecule is COCCc1noc([C@@H](C)NC(=O)Nc2cccc(CN3CCCCC3)c2)n1. The predicted molar refractivity (Wildman–Crippen MR) is 106 cm³/mol. The van der Waals surface area contributed by atoms with Gasteiger partial charge in [0.15, 0.2) is 5.82 Å². The molecule has 1 aromatic carbocycles. The minimum absolute atomic E-state index is 0.306. The van der Waals surface area contributed by atoms with Crippen LogP contribution >= 0.6 is 0 Å². The maximum atomic E-state index is 12.3. The standard InChI is InChI=1S/C20H29N5O3/c1-15(19-23-18(24-28-19)9-12-27-2)21-20(26)22-17-8-6-7-16(13-17)14-25-10-4-3-5-11-25/h6-8,13,15H,3-5,9-12,14H2,1-2H3,(H2,21,22,26)/t15-/m1/s1. The minimum atomic E-state index is -0.389. The Balaban J connectivity index is 1.51. The highest BCUT2D eigenvalue weighted by molar-refractivity contribution is 5.89. The van der Waals surface area contributed by atoms with Crippen LogP contribution in [0.15, 0.2) is 28.8 Å². The molecule has 2 N–H and O–H groups in total. The zero-order valence-electron chi connectivity index (χ0n) is 16.6. The van der Waals surface area contributed by atoms with Crippen molar-refractivity contribution in [3.8, 4) is 0 Å². The number of carbonyl (C=O) groups is 1. The summed E-state index contributed by atoms with van der Waals surface area (Å²) in [6.45, 7) is 5.53. The second-order valence-corrected chi connectivity index (χ2v) is 7.15. The summed E-state index contributed by atoms with van der Waals surface area (Å²) in [6, 6.07) is 7.28. The van der Waals surface area contributed by atoms with Crippen LogP contribution in [0.2, 0.25) is 0 Å². The Morgan fingerprint density at radius 2 is 2.14 bits per heavy atom. The van der Waals surface area contributed by atoms with E-state index in [4.69, 9.17) is 9.26 Å². The molecule has 152 valence electrons. The number of amides is 2. The molecule has 0 radical (unpaired) electrons. The molecule has 0 unspecified atom stereocenters. The molecule has 0 aliphatic carbocycles. The number of hydrogen-bond acceptors (Lipinski definition) is 6. The monoisotopic (exact) mass is 387 g/mol. The zero-order valence-corrected chi connectivity index (χ0v) is 16.6. The maximum Gasteiger partial charge on any atom is 0.319 e. The van der Waals surface area contributed by atoms with Crippen molar-refractivity contribution in [1.29, 1.82) is 0 Å². The number of urea groups is 1. The number of likely N-dealkylation sites (tertiary alicyclic amines) is 1. The zero-order chi connectivity index (χ0) is 19.8. The fraction of sp³-hybridized carbons (Fsp3) is 0.550. The first kappa shape index (κ1) is 20.3. The number of carbonyl (C=O) groups excluding carboxylic acids is 1. The predicted octanol–water partition coefficient (Wildman–Crippen LogP) is 3.13. The Morgan fingerprint density at radius 3 is 2.93 bits per heavy atom. The molecule has 1 atom stereocenters. The van der Waals surface area contributed by atoms with Gasteiger partial charge in [-0.2, -0.15) is 4.98 Å². The highest BCUT2D eigenvalue weighted by Crippen LogP contribution is 2.17. The highest BCUT2D eigenvalue weighted by Gasteiger charge is 2.17. The average molecular weight is 387 g/mol. The van der Waals surface area contributed by atoms with Crippen LogP contribution in [0.4, 0.5) is 10.5 Å². The summed E-state index contributed by atoms with van der Waals surface area (Å²) in [5, 5.41) is 9.60. The van der Waals surface area contributed by atoms with Crippen molar-refractivity contribution in [3.05, 3.63) is 41.5 Å². The Kier molecular flexibility index (Phi) is 7.39. The van der Waals surface area contributed by atoms with Crippen LogP contribution < -0.4 is 10.6 Å². The molecule has 1 saturated heterocycles. The summed E-state index contributed by atoms with van der Waals surface area (Å²) in [6.07, 6.45) is 4.43. The molecule has 0 saturated carbocycles. The molecule has 1 aromatic heterocycles. The normalized spacial score (nSPS) is 15.9. The van der Waals surface area contributed by atoms with Crippen molar-refractivity contribution < 1.29 is 14.1 Å². The molecule has 1 aliphatic rings. The first-order chi connectivity index (χ1) is 13.6. The van der Waals surface area contributed by atoms with E-state index in [1.165, 1.54) is 24.8 Å². The van der Waals surface area contributed by atoms with Crippen LogP contribution in [0.25, 0.3) is 0 Å². The van der Waals surface area contributed by atoms with Crippen molar-refractivity contribution in [2.45, 2.75) is 45.2 Å². The molecule has 8 nitrogen and oxygen atoms in total. The van der Waals surface area contributed by atoms with E-state index in [1.54, 1.807) is 14.0 Å². The lowest BCUT2D eigenvalue weighted by Crippen LogP contribution is -2.31. The van der Waals surface area contributed by atoms with Crippen LogP contribution in [0, 0.1) is 0 Å². The summed E-state index contributed by atoms with van der Waals surface area (Å²) in [5.74, 6) is 0.941. The second-order valence-electron chi connectivity index (χ2n) is 7.15. The maximum absolute atomic E-state index is 12.3. The fourth-order valence-corrected chi connectivity index (χ4v) is 3.29. The molecule has 3 rings (SSSR count). The largest absolute Gasteiger partial charge is 0.384 e. The molecule has 2 heterocycles. The van der Waals surface area contributed by atoms with Gasteiger partial charge in [0, 0.05) is 25.8 Å². The minimum Gasteiger partial charge on any atom is -0.384 e. The smallest absolute Gasteiger partial charge is 0.319 e. The number of benzene rings is 1. The highest BCUT2D eigenvalue weighted by atomic mass is 16.5. The molecule has 2 amide bonds. The van der Waals surface area contributed by atoms with E-state index in [2.05, 4.69) is 31.7 Å². The molecular weight excluding hydrogens is 358 g/mol. The van der Waals surface area contributed by atoms with Gasteiger partial charge in [-0.15, -0.1) is 0 Å². The summed E-state index contributed by atoms with van der Waals surface area (Å²) in [4.78, 5) is 19.1. The summed E-state index contributed by atoms with van der Waals surface area (Å²) in [7, 11) is 1.62. The number of anilines is 1. The van der Waals surface area contributed by atoms with Gasteiger partial charge in [-0.3, -0.25) is 4.90 Å². The second kappa shape index (κ2) is 10.2. The number of piperidine rings is 1. The molecule has 1 aliphatic heterocycles. The van der Waals surface area contributed by atoms with Crippen LogP contribution in [0.5, 0.6) is 0 Å². The van der Waals surface area contributed by atoms with Crippen molar-refractivity contribution in [2.75, 3.05) is 32.1 Å². The van der Waals surface area contributed by atoms with E-state index in [-0.39, 0.29) is 12.1 Å². The van der Waals surface area contributed by atoms with Crippen molar-refractivity contribution in [2.24, 2.45) is 0 Å². The average Bonchev–Trinajstić information content (AvgIpc) is 3.16. The van der Waals surface area contributed by atoms with Crippen LogP contribution in [0.1, 0.15) is 49.5 Å². The van der Waals surface area contributed by atoms with Gasteiger partial charge in [-0.25, -0.2) is 4.79 Å². The van der Waals surface area contributed by atoms with Crippen molar-refractivity contribution in [1.82, 2.24) is 20.4 Å². The number of aromatic nitrogens is 2. The quantitative estimate of drug-likeness (QED) is 0.723. The topological polar surface area (TPSA) is 92.5 Å². The molecule has 28 heavy (non-hydrogen) atoms. The number of rotatable bonds is 8. The third-order valence-electron chi connectivity index (χ3n) is 4.77. The van der Waals surface area contributed by atoms with E-state index in [9.17, 15) is 4.79 Å². The summed E-state index contributed by atoms with van der Waals surface area (Å²) in [5.41, 5.74) is 1.97. The van der Waals surface area contributed by atoms with Gasteiger partial charge < -0.3 is 19.9 Å². The number of ether oxygens (including phenoxy) is 1. The number of nitrogens with zero attached hydrogens (tertiary/aromatic N) is 3. The lowest BCUT2D eigenvalue weighted by atomic mass is 10.1. The van der Waals surface area contributed by atoms with Gasteiger partial charge in [0.1, 0.15) is 6.04 Å². The number of nitrogens with one attached hydrogen (secondary N) is 2. The van der Waals surface area contributed by atoms with Crippen molar-refractivity contribution >= 4 is 11.7 Å². The van der Waals surface area contributed by atoms with Gasteiger partial charge in [0.2, 0.25) is 5.89 Å². The van der Waals surface area contributed by atoms with E-state index in [1.807, 2.05) is 18.2 Å². The molecule has 8 heteroatoms. The van der Waals surface area contributed by atoms with Crippen LogP contribution in [0.3, 0.4) is 0 Å². The van der Waals surface area contributed by atoms with Gasteiger partial charge in [0.25, 0.3) is 0 Å². The number of hydrogen-bond donors (Lipinski definition) is 2. The Bertz CT molecular complexity index is 758. The van der Waals surface area contributed by atoms with Crippen molar-refractivity contribution in [3.63, 3.8) is 0 Å². The van der Waals surface area contributed by atoms with E-state index < -0.39 is 0 Å². The first-order valence-corrected chi connectivity index (χ1v) is 9.84. The lowest BCUT2D eigenvalue weighted by Gasteiger charge is -2.26. The van der Waals surface area contributed by atoms with Gasteiger partial charge in [-0.05, 0) is 50.6 Å². The van der Waals surface area contributed by atoms with E-state index in [0.717, 1.165) is 25.3 Å². The third-order valence-corrected chi connectivity index (χ3v) is 4.77. The van der Waals surface area contributed by atoms with Gasteiger partial charge >= 0.3 is 6.03 Å². The van der Waals surface area contributed by atoms with E-state index >= 15 is 0 Å². The lowest BCUT2D eigenvalue weighted by molar-refractivity contribution is 0.199. The molecule has 0 bridgehead atoms. The Labute approximate surface area is 165 Å². The molecular formula is C20H29N5O3. The molecule has 1 fully saturated rings.